The zero-order valence-electron chi connectivity index (χ0n) is 10.2. The van der Waals surface area contributed by atoms with Crippen LogP contribution in [0.2, 0.25) is 10.0 Å². The van der Waals surface area contributed by atoms with Gasteiger partial charge < -0.3 is 15.2 Å². The molecule has 2 N–H and O–H groups in total. The lowest BCUT2D eigenvalue weighted by Crippen LogP contribution is -2.52. The monoisotopic (exact) mass is 289 g/mol. The minimum Gasteiger partial charge on any atom is -0.396 e. The number of aliphatic hydroxyl groups excluding tert-OH is 1. The fourth-order valence-electron chi connectivity index (χ4n) is 1.97. The van der Waals surface area contributed by atoms with E-state index in [1.54, 1.807) is 12.1 Å². The molecule has 1 aliphatic heterocycles. The second kappa shape index (κ2) is 5.76. The van der Waals surface area contributed by atoms with Crippen molar-refractivity contribution in [2.75, 3.05) is 26.4 Å². The summed E-state index contributed by atoms with van der Waals surface area (Å²) in [7, 11) is 0. The highest BCUT2D eigenvalue weighted by atomic mass is 35.5. The van der Waals surface area contributed by atoms with Crippen molar-refractivity contribution in [2.45, 2.75) is 13.0 Å². The average molecular weight is 290 g/mol. The van der Waals surface area contributed by atoms with E-state index in [9.17, 15) is 5.11 Å². The summed E-state index contributed by atoms with van der Waals surface area (Å²) in [5.74, 6) is 0. The average Bonchev–Trinajstić information content (AvgIpc) is 2.31. The summed E-state index contributed by atoms with van der Waals surface area (Å²) in [6, 6.07) is 5.52. The zero-order valence-corrected chi connectivity index (χ0v) is 11.8. The Hall–Kier alpha value is -0.320. The molecular formula is C13H17Cl2NO2. The van der Waals surface area contributed by atoms with Crippen LogP contribution in [0.5, 0.6) is 0 Å². The highest BCUT2D eigenvalue weighted by Crippen LogP contribution is 2.29. The SMILES string of the molecule is CC(NCC1(CO)COC1)c1cc(Cl)ccc1Cl. The second-order valence-electron chi connectivity index (χ2n) is 4.92. The van der Waals surface area contributed by atoms with Crippen molar-refractivity contribution in [3.63, 3.8) is 0 Å². The fourth-order valence-corrected chi connectivity index (χ4v) is 2.43. The van der Waals surface area contributed by atoms with Crippen LogP contribution in [0.1, 0.15) is 18.5 Å². The van der Waals surface area contributed by atoms with Crippen LogP contribution in [0.4, 0.5) is 0 Å². The van der Waals surface area contributed by atoms with Crippen LogP contribution >= 0.6 is 23.2 Å². The molecule has 1 saturated heterocycles. The van der Waals surface area contributed by atoms with Crippen LogP contribution in [-0.2, 0) is 4.74 Å². The highest BCUT2D eigenvalue weighted by Gasteiger charge is 2.38. The van der Waals surface area contributed by atoms with Gasteiger partial charge in [0.05, 0.1) is 25.2 Å². The van der Waals surface area contributed by atoms with Crippen molar-refractivity contribution >= 4 is 23.2 Å². The van der Waals surface area contributed by atoms with Gasteiger partial charge in [-0.15, -0.1) is 0 Å². The summed E-state index contributed by atoms with van der Waals surface area (Å²) in [4.78, 5) is 0. The Labute approximate surface area is 117 Å². The number of rotatable bonds is 5. The molecular weight excluding hydrogens is 273 g/mol. The first-order valence-corrected chi connectivity index (χ1v) is 6.69. The van der Waals surface area contributed by atoms with Gasteiger partial charge in [0.2, 0.25) is 0 Å². The topological polar surface area (TPSA) is 41.5 Å². The Kier molecular flexibility index (Phi) is 4.51. The Balaban J connectivity index is 1.99. The van der Waals surface area contributed by atoms with Crippen molar-refractivity contribution in [2.24, 2.45) is 5.41 Å². The van der Waals surface area contributed by atoms with Crippen LogP contribution < -0.4 is 5.32 Å². The molecule has 1 aliphatic rings. The molecule has 1 heterocycles. The van der Waals surface area contributed by atoms with E-state index in [4.69, 9.17) is 27.9 Å². The van der Waals surface area contributed by atoms with Gasteiger partial charge in [0, 0.05) is 22.6 Å². The van der Waals surface area contributed by atoms with Gasteiger partial charge in [0.15, 0.2) is 0 Å². The molecule has 0 saturated carbocycles. The van der Waals surface area contributed by atoms with Crippen LogP contribution in [0.15, 0.2) is 18.2 Å². The van der Waals surface area contributed by atoms with Crippen molar-refractivity contribution < 1.29 is 9.84 Å². The van der Waals surface area contributed by atoms with Crippen molar-refractivity contribution in [1.82, 2.24) is 5.32 Å². The number of hydrogen-bond acceptors (Lipinski definition) is 3. The molecule has 1 unspecified atom stereocenters. The van der Waals surface area contributed by atoms with Gasteiger partial charge in [-0.05, 0) is 30.7 Å². The summed E-state index contributed by atoms with van der Waals surface area (Å²) in [5.41, 5.74) is 0.830. The van der Waals surface area contributed by atoms with Crippen LogP contribution in [-0.4, -0.2) is 31.5 Å². The van der Waals surface area contributed by atoms with Gasteiger partial charge in [0.1, 0.15) is 0 Å². The molecule has 3 nitrogen and oxygen atoms in total. The van der Waals surface area contributed by atoms with E-state index in [0.29, 0.717) is 29.8 Å². The smallest absolute Gasteiger partial charge is 0.0579 e. The molecule has 1 aromatic carbocycles. The highest BCUT2D eigenvalue weighted by molar-refractivity contribution is 6.33. The largest absolute Gasteiger partial charge is 0.396 e. The molecule has 0 bridgehead atoms. The number of hydrogen-bond donors (Lipinski definition) is 2. The first-order chi connectivity index (χ1) is 8.56. The number of ether oxygens (including phenoxy) is 1. The summed E-state index contributed by atoms with van der Waals surface area (Å²) < 4.78 is 5.16. The minimum atomic E-state index is -0.140. The molecule has 1 fully saturated rings. The summed E-state index contributed by atoms with van der Waals surface area (Å²) >= 11 is 12.1. The molecule has 0 aliphatic carbocycles. The Morgan fingerprint density at radius 1 is 1.44 bits per heavy atom. The van der Waals surface area contributed by atoms with Gasteiger partial charge in [0.25, 0.3) is 0 Å². The third kappa shape index (κ3) is 2.98. The molecule has 18 heavy (non-hydrogen) atoms. The summed E-state index contributed by atoms with van der Waals surface area (Å²) in [5, 5.41) is 14.1. The van der Waals surface area contributed by atoms with Gasteiger partial charge in [-0.25, -0.2) is 0 Å². The van der Waals surface area contributed by atoms with E-state index in [1.165, 1.54) is 0 Å². The maximum Gasteiger partial charge on any atom is 0.0579 e. The van der Waals surface area contributed by atoms with E-state index in [0.717, 1.165) is 5.56 Å². The van der Waals surface area contributed by atoms with Gasteiger partial charge in [-0.3, -0.25) is 0 Å². The summed E-state index contributed by atoms with van der Waals surface area (Å²) in [6.45, 7) is 4.07. The van der Waals surface area contributed by atoms with Crippen LogP contribution in [0.25, 0.3) is 0 Å². The lowest BCUT2D eigenvalue weighted by molar-refractivity contribution is -0.135. The van der Waals surface area contributed by atoms with E-state index < -0.39 is 0 Å². The van der Waals surface area contributed by atoms with Gasteiger partial charge in [-0.2, -0.15) is 0 Å². The second-order valence-corrected chi connectivity index (χ2v) is 5.76. The Morgan fingerprint density at radius 3 is 2.72 bits per heavy atom. The molecule has 100 valence electrons. The first kappa shape index (κ1) is 14.1. The zero-order chi connectivity index (χ0) is 13.2. The van der Waals surface area contributed by atoms with Crippen LogP contribution in [0, 0.1) is 5.41 Å². The van der Waals surface area contributed by atoms with E-state index >= 15 is 0 Å². The van der Waals surface area contributed by atoms with E-state index in [2.05, 4.69) is 5.32 Å². The molecule has 0 amide bonds. The van der Waals surface area contributed by atoms with Gasteiger partial charge >= 0.3 is 0 Å². The maximum atomic E-state index is 9.35. The maximum absolute atomic E-state index is 9.35. The van der Waals surface area contributed by atoms with Crippen LogP contribution in [0.3, 0.4) is 0 Å². The molecule has 2 rings (SSSR count). The van der Waals surface area contributed by atoms with E-state index in [-0.39, 0.29) is 18.1 Å². The third-order valence-electron chi connectivity index (χ3n) is 3.36. The molecule has 5 heteroatoms. The van der Waals surface area contributed by atoms with Crippen molar-refractivity contribution in [3.8, 4) is 0 Å². The molecule has 0 aromatic heterocycles. The fraction of sp³-hybridized carbons (Fsp3) is 0.538. The number of aliphatic hydroxyl groups is 1. The summed E-state index contributed by atoms with van der Waals surface area (Å²) in [6.07, 6.45) is 0. The predicted molar refractivity (Wildman–Crippen MR) is 73.2 cm³/mol. The third-order valence-corrected chi connectivity index (χ3v) is 3.94. The normalized spacial score (nSPS) is 19.3. The molecule has 1 atom stereocenters. The lowest BCUT2D eigenvalue weighted by atomic mass is 9.86. The minimum absolute atomic E-state index is 0.0835. The Morgan fingerprint density at radius 2 is 2.17 bits per heavy atom. The quantitative estimate of drug-likeness (QED) is 0.876. The lowest BCUT2D eigenvalue weighted by Gasteiger charge is -2.40. The first-order valence-electron chi connectivity index (χ1n) is 5.93. The Bertz CT molecular complexity index is 416. The van der Waals surface area contributed by atoms with Crippen molar-refractivity contribution in [1.29, 1.82) is 0 Å². The molecule has 0 radical (unpaired) electrons. The van der Waals surface area contributed by atoms with Crippen molar-refractivity contribution in [3.05, 3.63) is 33.8 Å². The predicted octanol–water partition coefficient (Wildman–Crippen LogP) is 2.65. The standard InChI is InChI=1S/C13H17Cl2NO2/c1-9(11-4-10(14)2-3-12(11)15)16-5-13(6-17)7-18-8-13/h2-4,9,16-17H,5-8H2,1H3. The van der Waals surface area contributed by atoms with E-state index in [1.807, 2.05) is 13.0 Å². The number of halogens is 2. The number of benzene rings is 1. The molecule has 0 spiro atoms. The van der Waals surface area contributed by atoms with Gasteiger partial charge in [-0.1, -0.05) is 23.2 Å². The molecule has 1 aromatic rings. The number of nitrogens with one attached hydrogen (secondary N) is 1.